The van der Waals surface area contributed by atoms with Crippen LogP contribution in [0.2, 0.25) is 0 Å². The number of aryl methyl sites for hydroxylation is 2. The van der Waals surface area contributed by atoms with Crippen molar-refractivity contribution in [2.24, 2.45) is 0 Å². The Labute approximate surface area is 345 Å². The van der Waals surface area contributed by atoms with Crippen LogP contribution in [0.3, 0.4) is 0 Å². The van der Waals surface area contributed by atoms with Gasteiger partial charge in [-0.2, -0.15) is 0 Å². The molecule has 2 aromatic heterocycles. The number of aromatic nitrogens is 4. The number of benzene rings is 6. The molecule has 5 nitrogen and oxygen atoms in total. The average Bonchev–Trinajstić information content (AvgIpc) is 3.73. The molecule has 0 bridgehead atoms. The highest BCUT2D eigenvalue weighted by molar-refractivity contribution is 7.99. The van der Waals surface area contributed by atoms with Crippen LogP contribution < -0.4 is 4.74 Å². The average molecular weight is 775 g/mol. The fourth-order valence-electron chi connectivity index (χ4n) is 8.78. The summed E-state index contributed by atoms with van der Waals surface area (Å²) in [5, 5.41) is 9.56. The van der Waals surface area contributed by atoms with Crippen molar-refractivity contribution in [2.75, 3.05) is 0 Å². The van der Waals surface area contributed by atoms with Gasteiger partial charge >= 0.3 is 0 Å². The van der Waals surface area contributed by atoms with E-state index in [-0.39, 0.29) is 0 Å². The largest absolute Gasteiger partial charge is 0.457 e. The molecule has 1 aliphatic heterocycles. The first kappa shape index (κ1) is 37.3. The maximum absolute atomic E-state index is 6.98. The van der Waals surface area contributed by atoms with E-state index < -0.39 is 5.41 Å². The van der Waals surface area contributed by atoms with Crippen molar-refractivity contribution < 1.29 is 4.74 Å². The summed E-state index contributed by atoms with van der Waals surface area (Å²) in [7, 11) is 0. The molecule has 58 heavy (non-hydrogen) atoms. The second-order valence-corrected chi connectivity index (χ2v) is 16.9. The van der Waals surface area contributed by atoms with Crippen LogP contribution in [0.5, 0.6) is 11.5 Å². The Morgan fingerprint density at radius 2 is 1.24 bits per heavy atom. The van der Waals surface area contributed by atoms with E-state index in [0.29, 0.717) is 17.6 Å². The second kappa shape index (κ2) is 15.3. The Hall–Kier alpha value is -6.24. The molecule has 0 radical (unpaired) electrons. The lowest BCUT2D eigenvalue weighted by atomic mass is 9.66. The topological polar surface area (TPSA) is 52.8 Å². The molecule has 0 atom stereocenters. The highest BCUT2D eigenvalue weighted by Crippen LogP contribution is 2.55. The van der Waals surface area contributed by atoms with E-state index in [2.05, 4.69) is 181 Å². The summed E-state index contributed by atoms with van der Waals surface area (Å²) in [6.45, 7) is 13.3. The number of ether oxygens (including phenoxy) is 1. The fourth-order valence-corrected chi connectivity index (χ4v) is 9.98. The van der Waals surface area contributed by atoms with E-state index in [4.69, 9.17) is 20.0 Å². The van der Waals surface area contributed by atoms with Crippen LogP contribution in [0.25, 0.3) is 28.1 Å². The highest BCUT2D eigenvalue weighted by Gasteiger charge is 2.45. The normalized spacial score (nSPS) is 13.0. The molecule has 0 aliphatic carbocycles. The Morgan fingerprint density at radius 3 is 1.90 bits per heavy atom. The Bertz CT molecular complexity index is 2690. The Kier molecular flexibility index (Phi) is 9.82. The molecule has 0 spiro atoms. The van der Waals surface area contributed by atoms with Crippen LogP contribution in [-0.4, -0.2) is 20.0 Å². The molecule has 0 saturated heterocycles. The lowest BCUT2D eigenvalue weighted by Gasteiger charge is -2.40. The van der Waals surface area contributed by atoms with Gasteiger partial charge in [0.2, 0.25) is 0 Å². The van der Waals surface area contributed by atoms with Crippen molar-refractivity contribution in [3.63, 3.8) is 0 Å². The highest BCUT2D eigenvalue weighted by atomic mass is 32.2. The van der Waals surface area contributed by atoms with Gasteiger partial charge in [-0.1, -0.05) is 136 Å². The first-order valence-electron chi connectivity index (χ1n) is 20.1. The first-order valence-corrected chi connectivity index (χ1v) is 20.9. The van der Waals surface area contributed by atoms with Gasteiger partial charge in [-0.15, -0.1) is 5.10 Å². The molecular weight excluding hydrogens is 729 g/mol. The third-order valence-electron chi connectivity index (χ3n) is 11.4. The van der Waals surface area contributed by atoms with Crippen LogP contribution in [-0.2, 0) is 5.41 Å². The van der Waals surface area contributed by atoms with Gasteiger partial charge in [0.25, 0.3) is 0 Å². The lowest BCUT2D eigenvalue weighted by Crippen LogP contribution is -2.34. The zero-order valence-electron chi connectivity index (χ0n) is 33.8. The fraction of sp³-hybridized carbons (Fsp3) is 0.173. The molecule has 1 aliphatic rings. The number of rotatable bonds is 9. The molecule has 0 fully saturated rings. The summed E-state index contributed by atoms with van der Waals surface area (Å²) >= 11 is 1.81. The maximum Gasteiger partial charge on any atom is 0.130 e. The molecular formula is C52H46N4OS. The van der Waals surface area contributed by atoms with Crippen molar-refractivity contribution in [2.45, 2.75) is 68.6 Å². The van der Waals surface area contributed by atoms with Crippen molar-refractivity contribution in [3.8, 4) is 39.6 Å². The van der Waals surface area contributed by atoms with Gasteiger partial charge in [-0.3, -0.25) is 4.98 Å². The molecule has 0 saturated carbocycles. The van der Waals surface area contributed by atoms with E-state index in [0.717, 1.165) is 34.0 Å². The molecule has 9 rings (SSSR count). The van der Waals surface area contributed by atoms with E-state index in [1.54, 1.807) is 0 Å². The van der Waals surface area contributed by atoms with Gasteiger partial charge in [-0.05, 0) is 124 Å². The Morgan fingerprint density at radius 1 is 0.603 bits per heavy atom. The quantitative estimate of drug-likeness (QED) is 0.146. The summed E-state index contributed by atoms with van der Waals surface area (Å²) in [6, 6.07) is 51.6. The van der Waals surface area contributed by atoms with Crippen LogP contribution in [0.15, 0.2) is 168 Å². The molecule has 8 aromatic rings. The summed E-state index contributed by atoms with van der Waals surface area (Å²) in [5.41, 5.74) is 13.9. The minimum atomic E-state index is -0.664. The maximum atomic E-state index is 6.98. The van der Waals surface area contributed by atoms with Gasteiger partial charge < -0.3 is 4.74 Å². The zero-order chi connectivity index (χ0) is 40.0. The smallest absolute Gasteiger partial charge is 0.130 e. The van der Waals surface area contributed by atoms with Crippen LogP contribution in [0, 0.1) is 13.8 Å². The Balaban J connectivity index is 1.19. The van der Waals surface area contributed by atoms with Gasteiger partial charge in [0.15, 0.2) is 0 Å². The number of hydrogen-bond donors (Lipinski definition) is 0. The predicted molar refractivity (Wildman–Crippen MR) is 237 cm³/mol. The van der Waals surface area contributed by atoms with E-state index >= 15 is 0 Å². The summed E-state index contributed by atoms with van der Waals surface area (Å²) in [6.07, 6.45) is 3.96. The molecule has 6 aromatic carbocycles. The van der Waals surface area contributed by atoms with Crippen molar-refractivity contribution >= 4 is 11.8 Å². The number of hydrogen-bond acceptors (Lipinski definition) is 5. The SMILES string of the molecule is Cc1cccc(C)c1-c1cc(Oc2cccc(C3(c4ccccn4)c4ccccc4Sc4ccccc43)c2)cc(-n2cc(-c3c(C(C)C)cccc3C(C)C)nn2)c1. The van der Waals surface area contributed by atoms with Crippen LogP contribution in [0.1, 0.15) is 84.2 Å². The van der Waals surface area contributed by atoms with Gasteiger partial charge in [0.05, 0.1) is 23.0 Å². The standard InChI is InChI=1S/C52H46N4OS/c1-33(2)42-20-15-21-43(34(3)4)51(42)46-32-56(55-54-46)39-28-37(50-35(5)16-13-17-36(50)6)29-41(31-39)57-40-19-14-18-38(30-40)52(49-26-11-12-27-53-49)44-22-7-9-24-47(44)58-48-25-10-8-23-45(48)52/h7-34H,1-6H3. The molecule has 3 heterocycles. The van der Waals surface area contributed by atoms with Crippen molar-refractivity contribution in [1.82, 2.24) is 20.0 Å². The lowest BCUT2D eigenvalue weighted by molar-refractivity contribution is 0.480. The number of fused-ring (bicyclic) bond motifs is 2. The minimum Gasteiger partial charge on any atom is -0.457 e. The summed E-state index contributed by atoms with van der Waals surface area (Å²) < 4.78 is 8.87. The van der Waals surface area contributed by atoms with Gasteiger partial charge in [0, 0.05) is 27.6 Å². The third kappa shape index (κ3) is 6.51. The van der Waals surface area contributed by atoms with Crippen molar-refractivity contribution in [1.29, 1.82) is 0 Å². The number of pyridine rings is 1. The first-order chi connectivity index (χ1) is 28.2. The molecule has 0 amide bonds. The van der Waals surface area contributed by atoms with E-state index in [1.165, 1.54) is 54.3 Å². The van der Waals surface area contributed by atoms with Gasteiger partial charge in [-0.25, -0.2) is 4.68 Å². The molecule has 0 unspecified atom stereocenters. The third-order valence-corrected chi connectivity index (χ3v) is 12.6. The van der Waals surface area contributed by atoms with Gasteiger partial charge in [0.1, 0.15) is 17.2 Å². The van der Waals surface area contributed by atoms with Crippen molar-refractivity contribution in [3.05, 3.63) is 203 Å². The number of nitrogens with zero attached hydrogens (tertiary/aromatic N) is 4. The van der Waals surface area contributed by atoms with Crippen LogP contribution >= 0.6 is 11.8 Å². The van der Waals surface area contributed by atoms with E-state index in [1.807, 2.05) is 34.8 Å². The molecule has 0 N–H and O–H groups in total. The monoisotopic (exact) mass is 774 g/mol. The van der Waals surface area contributed by atoms with E-state index in [9.17, 15) is 0 Å². The predicted octanol–water partition coefficient (Wildman–Crippen LogP) is 13.5. The zero-order valence-corrected chi connectivity index (χ0v) is 34.6. The summed E-state index contributed by atoms with van der Waals surface area (Å²) in [5.74, 6) is 2.13. The second-order valence-electron chi connectivity index (χ2n) is 15.8. The molecule has 286 valence electrons. The molecule has 6 heteroatoms. The van der Waals surface area contributed by atoms with Crippen LogP contribution in [0.4, 0.5) is 0 Å². The minimum absolute atomic E-state index is 0.341. The summed E-state index contributed by atoms with van der Waals surface area (Å²) in [4.78, 5) is 7.49.